The molecule has 0 aliphatic carbocycles. The summed E-state index contributed by atoms with van der Waals surface area (Å²) in [5, 5.41) is 2.68. The third kappa shape index (κ3) is 4.32. The van der Waals surface area contributed by atoms with Crippen LogP contribution in [0.4, 0.5) is 0 Å². The van der Waals surface area contributed by atoms with E-state index in [1.807, 2.05) is 31.2 Å². The van der Waals surface area contributed by atoms with Gasteiger partial charge in [0.1, 0.15) is 11.8 Å². The number of primary amides is 1. The molecule has 1 unspecified atom stereocenters. The standard InChI is InChI=1S/C18H20N2O3/c1-12-8-9-15(23-2)14(10-12)11-16(21)20-17(18(19)22)13-6-4-3-5-7-13/h3-10,17H,11H2,1-2H3,(H2,19,22)(H,20,21). The third-order valence-corrected chi connectivity index (χ3v) is 3.51. The predicted molar refractivity (Wildman–Crippen MR) is 88.0 cm³/mol. The smallest absolute Gasteiger partial charge is 0.244 e. The van der Waals surface area contributed by atoms with Crippen LogP contribution < -0.4 is 15.8 Å². The molecule has 0 spiro atoms. The van der Waals surface area contributed by atoms with E-state index in [-0.39, 0.29) is 12.3 Å². The largest absolute Gasteiger partial charge is 0.496 e. The van der Waals surface area contributed by atoms with Gasteiger partial charge in [-0.25, -0.2) is 0 Å². The number of nitrogens with one attached hydrogen (secondary N) is 1. The van der Waals surface area contributed by atoms with Crippen LogP contribution in [0.15, 0.2) is 48.5 Å². The number of carbonyl (C=O) groups is 2. The highest BCUT2D eigenvalue weighted by atomic mass is 16.5. The van der Waals surface area contributed by atoms with Crippen molar-refractivity contribution in [1.29, 1.82) is 0 Å². The maximum Gasteiger partial charge on any atom is 0.244 e. The van der Waals surface area contributed by atoms with Crippen LogP contribution in [-0.2, 0) is 16.0 Å². The molecule has 1 atom stereocenters. The maximum atomic E-state index is 12.3. The van der Waals surface area contributed by atoms with Gasteiger partial charge in [0.15, 0.2) is 0 Å². The fourth-order valence-electron chi connectivity index (χ4n) is 2.39. The van der Waals surface area contributed by atoms with E-state index in [1.54, 1.807) is 31.4 Å². The molecule has 2 amide bonds. The molecule has 0 fully saturated rings. The van der Waals surface area contributed by atoms with Crippen molar-refractivity contribution in [2.24, 2.45) is 5.73 Å². The molecule has 0 saturated carbocycles. The summed E-state index contributed by atoms with van der Waals surface area (Å²) in [5.74, 6) is -0.247. The van der Waals surface area contributed by atoms with Crippen LogP contribution in [0.2, 0.25) is 0 Å². The van der Waals surface area contributed by atoms with Gasteiger partial charge >= 0.3 is 0 Å². The summed E-state index contributed by atoms with van der Waals surface area (Å²) in [7, 11) is 1.56. The zero-order chi connectivity index (χ0) is 16.8. The van der Waals surface area contributed by atoms with E-state index in [9.17, 15) is 9.59 Å². The Balaban J connectivity index is 2.14. The second-order valence-corrected chi connectivity index (χ2v) is 5.31. The van der Waals surface area contributed by atoms with Crippen LogP contribution in [0.3, 0.4) is 0 Å². The van der Waals surface area contributed by atoms with Crippen molar-refractivity contribution in [2.75, 3.05) is 7.11 Å². The summed E-state index contributed by atoms with van der Waals surface area (Å²) < 4.78 is 5.27. The molecule has 0 heterocycles. The van der Waals surface area contributed by atoms with Gasteiger partial charge in [0.25, 0.3) is 0 Å². The molecule has 3 N–H and O–H groups in total. The topological polar surface area (TPSA) is 81.4 Å². The van der Waals surface area contributed by atoms with Gasteiger partial charge in [0.2, 0.25) is 11.8 Å². The number of carbonyl (C=O) groups excluding carboxylic acids is 2. The molecular formula is C18H20N2O3. The molecule has 2 aromatic rings. The highest BCUT2D eigenvalue weighted by molar-refractivity contribution is 5.88. The van der Waals surface area contributed by atoms with E-state index in [2.05, 4.69) is 5.32 Å². The van der Waals surface area contributed by atoms with Gasteiger partial charge < -0.3 is 15.8 Å². The number of hydrogen-bond acceptors (Lipinski definition) is 3. The Morgan fingerprint density at radius 3 is 2.48 bits per heavy atom. The summed E-state index contributed by atoms with van der Waals surface area (Å²) in [4.78, 5) is 24.0. The van der Waals surface area contributed by atoms with Crippen LogP contribution in [0, 0.1) is 6.92 Å². The highest BCUT2D eigenvalue weighted by Gasteiger charge is 2.20. The van der Waals surface area contributed by atoms with E-state index in [0.29, 0.717) is 11.3 Å². The van der Waals surface area contributed by atoms with Crippen molar-refractivity contribution >= 4 is 11.8 Å². The number of benzene rings is 2. The number of aryl methyl sites for hydroxylation is 1. The highest BCUT2D eigenvalue weighted by Crippen LogP contribution is 2.20. The average Bonchev–Trinajstić information content (AvgIpc) is 2.53. The number of nitrogens with two attached hydrogens (primary N) is 1. The first-order valence-corrected chi connectivity index (χ1v) is 7.28. The molecule has 2 rings (SSSR count). The van der Waals surface area contributed by atoms with Gasteiger partial charge in [-0.3, -0.25) is 9.59 Å². The second kappa shape index (κ2) is 7.45. The summed E-state index contributed by atoms with van der Waals surface area (Å²) >= 11 is 0. The predicted octanol–water partition coefficient (Wildman–Crippen LogP) is 1.89. The SMILES string of the molecule is COc1ccc(C)cc1CC(=O)NC(C(N)=O)c1ccccc1. The summed E-state index contributed by atoms with van der Waals surface area (Å²) in [6, 6.07) is 13.7. The molecule has 5 nitrogen and oxygen atoms in total. The van der Waals surface area contributed by atoms with Crippen LogP contribution >= 0.6 is 0 Å². The third-order valence-electron chi connectivity index (χ3n) is 3.51. The fraction of sp³-hybridized carbons (Fsp3) is 0.222. The van der Waals surface area contributed by atoms with E-state index in [1.165, 1.54) is 0 Å². The molecule has 0 saturated heterocycles. The molecule has 120 valence electrons. The Hall–Kier alpha value is -2.82. The minimum atomic E-state index is -0.848. The first kappa shape index (κ1) is 16.5. The average molecular weight is 312 g/mol. The monoisotopic (exact) mass is 312 g/mol. The Bertz CT molecular complexity index is 699. The Labute approximate surface area is 135 Å². The Kier molecular flexibility index (Phi) is 5.36. The normalized spacial score (nSPS) is 11.6. The summed E-state index contributed by atoms with van der Waals surface area (Å²) in [6.45, 7) is 1.94. The van der Waals surface area contributed by atoms with Gasteiger partial charge in [-0.15, -0.1) is 0 Å². The van der Waals surface area contributed by atoms with E-state index >= 15 is 0 Å². The van der Waals surface area contributed by atoms with Crippen LogP contribution in [-0.4, -0.2) is 18.9 Å². The first-order valence-electron chi connectivity index (χ1n) is 7.28. The van der Waals surface area contributed by atoms with Crippen molar-refractivity contribution in [1.82, 2.24) is 5.32 Å². The second-order valence-electron chi connectivity index (χ2n) is 5.31. The lowest BCUT2D eigenvalue weighted by molar-refractivity contribution is -0.127. The number of amides is 2. The van der Waals surface area contributed by atoms with Gasteiger partial charge in [-0.1, -0.05) is 48.0 Å². The van der Waals surface area contributed by atoms with Crippen LogP contribution in [0.5, 0.6) is 5.75 Å². The lowest BCUT2D eigenvalue weighted by Gasteiger charge is -2.16. The lowest BCUT2D eigenvalue weighted by Crippen LogP contribution is -2.38. The van der Waals surface area contributed by atoms with Crippen molar-refractivity contribution in [2.45, 2.75) is 19.4 Å². The van der Waals surface area contributed by atoms with Crippen LogP contribution in [0.25, 0.3) is 0 Å². The molecule has 0 aliphatic rings. The fourth-order valence-corrected chi connectivity index (χ4v) is 2.39. The molecule has 0 aromatic heterocycles. The Morgan fingerprint density at radius 2 is 1.87 bits per heavy atom. The molecule has 23 heavy (non-hydrogen) atoms. The van der Waals surface area contributed by atoms with Crippen molar-refractivity contribution in [3.05, 3.63) is 65.2 Å². The molecule has 5 heteroatoms. The quantitative estimate of drug-likeness (QED) is 0.854. The zero-order valence-electron chi connectivity index (χ0n) is 13.2. The summed E-state index contributed by atoms with van der Waals surface area (Å²) in [5.41, 5.74) is 7.86. The van der Waals surface area contributed by atoms with Gasteiger partial charge in [-0.05, 0) is 18.6 Å². The molecule has 0 radical (unpaired) electrons. The minimum absolute atomic E-state index is 0.113. The Morgan fingerprint density at radius 1 is 1.17 bits per heavy atom. The molecular weight excluding hydrogens is 292 g/mol. The van der Waals surface area contributed by atoms with Gasteiger partial charge in [-0.2, -0.15) is 0 Å². The first-order chi connectivity index (χ1) is 11.0. The van der Waals surface area contributed by atoms with Crippen molar-refractivity contribution in [3.63, 3.8) is 0 Å². The van der Waals surface area contributed by atoms with Crippen molar-refractivity contribution in [3.8, 4) is 5.75 Å². The maximum absolute atomic E-state index is 12.3. The van der Waals surface area contributed by atoms with Gasteiger partial charge in [0.05, 0.1) is 13.5 Å². The van der Waals surface area contributed by atoms with E-state index in [0.717, 1.165) is 11.1 Å². The van der Waals surface area contributed by atoms with Crippen molar-refractivity contribution < 1.29 is 14.3 Å². The molecule has 0 aliphatic heterocycles. The number of methoxy groups -OCH3 is 1. The van der Waals surface area contributed by atoms with Crippen LogP contribution in [0.1, 0.15) is 22.7 Å². The number of ether oxygens (including phenoxy) is 1. The zero-order valence-corrected chi connectivity index (χ0v) is 13.2. The van der Waals surface area contributed by atoms with E-state index < -0.39 is 11.9 Å². The summed E-state index contributed by atoms with van der Waals surface area (Å²) in [6.07, 6.45) is 0.113. The van der Waals surface area contributed by atoms with Gasteiger partial charge in [0, 0.05) is 5.56 Å². The van der Waals surface area contributed by atoms with E-state index in [4.69, 9.17) is 10.5 Å². The number of rotatable bonds is 6. The molecule has 2 aromatic carbocycles. The lowest BCUT2D eigenvalue weighted by atomic mass is 10.0. The number of hydrogen-bond donors (Lipinski definition) is 2. The molecule has 0 bridgehead atoms. The minimum Gasteiger partial charge on any atom is -0.496 e.